The molecule has 6 nitrogen and oxygen atoms in total. The molecule has 0 unspecified atom stereocenters. The summed E-state index contributed by atoms with van der Waals surface area (Å²) in [6.45, 7) is 0. The van der Waals surface area contributed by atoms with E-state index in [1.54, 1.807) is 0 Å². The third-order valence-corrected chi connectivity index (χ3v) is 1.03. The van der Waals surface area contributed by atoms with Crippen LogP contribution >= 0.6 is 34.8 Å². The molecule has 0 spiro atoms. The number of aliphatic carboxylic acids is 3. The number of hydrogen-bond acceptors (Lipinski definition) is 3. The second-order valence-electron chi connectivity index (χ2n) is 1.58. The van der Waals surface area contributed by atoms with Crippen molar-refractivity contribution in [3.8, 4) is 0 Å². The Kier molecular flexibility index (Phi) is 33.4. The largest absolute Gasteiger partial charge is 0.480 e. The van der Waals surface area contributed by atoms with E-state index in [4.69, 9.17) is 50.1 Å². The van der Waals surface area contributed by atoms with Gasteiger partial charge in [0.25, 0.3) is 0 Å². The maximum Gasteiger partial charge on any atom is 0.318 e. The van der Waals surface area contributed by atoms with Crippen molar-refractivity contribution in [2.45, 2.75) is 0 Å². The van der Waals surface area contributed by atoms with Crippen molar-refractivity contribution in [3.63, 3.8) is 0 Å². The first kappa shape index (κ1) is 25.5. The monoisotopic (exact) mass is 423 g/mol. The fourth-order valence-electron chi connectivity index (χ4n) is 0. The van der Waals surface area contributed by atoms with E-state index < -0.39 is 17.9 Å². The summed E-state index contributed by atoms with van der Waals surface area (Å²) in [7, 11) is 0. The molecule has 93 valence electrons. The molecule has 10 heteroatoms. The molecule has 0 fully saturated rings. The van der Waals surface area contributed by atoms with Gasteiger partial charge in [-0.1, -0.05) is 0 Å². The molecular weight excluding hydrogens is 415 g/mol. The van der Waals surface area contributed by atoms with Crippen LogP contribution in [0.3, 0.4) is 0 Å². The van der Waals surface area contributed by atoms with Crippen LogP contribution < -0.4 is 0 Å². The number of halogens is 3. The van der Waals surface area contributed by atoms with Gasteiger partial charge in [-0.2, -0.15) is 0 Å². The van der Waals surface area contributed by atoms with Crippen molar-refractivity contribution in [2.24, 2.45) is 0 Å². The Morgan fingerprint density at radius 1 is 0.688 bits per heavy atom. The van der Waals surface area contributed by atoms with Crippen LogP contribution in [0.25, 0.3) is 0 Å². The van der Waals surface area contributed by atoms with Crippen molar-refractivity contribution in [2.75, 3.05) is 17.6 Å². The van der Waals surface area contributed by atoms with Gasteiger partial charge >= 0.3 is 17.9 Å². The predicted molar refractivity (Wildman–Crippen MR) is 55.1 cm³/mol. The second kappa shape index (κ2) is 21.0. The fraction of sp³-hybridized carbons (Fsp3) is 0.500. The minimum Gasteiger partial charge on any atom is -0.480 e. The van der Waals surface area contributed by atoms with Gasteiger partial charge < -0.3 is 15.3 Å². The average Bonchev–Trinajstić information content (AvgIpc) is 2.19. The van der Waals surface area contributed by atoms with Crippen molar-refractivity contribution in [1.82, 2.24) is 0 Å². The summed E-state index contributed by atoms with van der Waals surface area (Å²) in [6.07, 6.45) is 0. The minimum atomic E-state index is -0.980. The number of carboxylic acid groups (broad SMARTS) is 3. The third kappa shape index (κ3) is 61.8. The topological polar surface area (TPSA) is 112 Å². The van der Waals surface area contributed by atoms with Crippen molar-refractivity contribution < 1.29 is 71.0 Å². The van der Waals surface area contributed by atoms with Crippen LogP contribution in [0, 0.1) is 41.3 Å². The molecule has 0 atom stereocenters. The van der Waals surface area contributed by atoms with Gasteiger partial charge in [-0.3, -0.25) is 14.4 Å². The Morgan fingerprint density at radius 2 is 0.750 bits per heavy atom. The maximum atomic E-state index is 9.24. The molecular formula is C6H9Cl3O6Pr. The van der Waals surface area contributed by atoms with Crippen molar-refractivity contribution in [3.05, 3.63) is 0 Å². The summed E-state index contributed by atoms with van der Waals surface area (Å²) in [5.41, 5.74) is 0. The summed E-state index contributed by atoms with van der Waals surface area (Å²) in [4.78, 5) is 27.7. The normalized spacial score (nSPS) is 6.94. The fourth-order valence-corrected chi connectivity index (χ4v) is 0. The first-order valence-electron chi connectivity index (χ1n) is 3.15. The van der Waals surface area contributed by atoms with Crippen LogP contribution in [0.15, 0.2) is 0 Å². The van der Waals surface area contributed by atoms with Gasteiger partial charge in [0.05, 0.1) is 0 Å². The average molecular weight is 424 g/mol. The molecule has 0 saturated heterocycles. The zero-order chi connectivity index (χ0) is 12.9. The predicted octanol–water partition coefficient (Wildman–Crippen LogP) is 0.929. The molecule has 0 aliphatic rings. The molecule has 0 aromatic carbocycles. The van der Waals surface area contributed by atoms with E-state index in [0.717, 1.165) is 0 Å². The zero-order valence-electron chi connectivity index (χ0n) is 7.90. The van der Waals surface area contributed by atoms with E-state index in [0.29, 0.717) is 0 Å². The van der Waals surface area contributed by atoms with Crippen LogP contribution in [0.2, 0.25) is 0 Å². The molecule has 0 aromatic heterocycles. The zero-order valence-corrected chi connectivity index (χ0v) is 13.9. The van der Waals surface area contributed by atoms with Crippen molar-refractivity contribution >= 4 is 52.7 Å². The van der Waals surface area contributed by atoms with E-state index in [1.165, 1.54) is 0 Å². The first-order chi connectivity index (χ1) is 6.81. The van der Waals surface area contributed by atoms with Gasteiger partial charge in [-0.15, -0.1) is 34.8 Å². The first-order valence-corrected chi connectivity index (χ1v) is 4.75. The van der Waals surface area contributed by atoms with E-state index in [1.807, 2.05) is 0 Å². The molecule has 0 bridgehead atoms. The van der Waals surface area contributed by atoms with Crippen LogP contribution in [0.4, 0.5) is 0 Å². The molecule has 0 rings (SSSR count). The van der Waals surface area contributed by atoms with Gasteiger partial charge in [0, 0.05) is 41.3 Å². The quantitative estimate of drug-likeness (QED) is 0.582. The molecule has 16 heavy (non-hydrogen) atoms. The Balaban J connectivity index is -0.0000000655. The summed E-state index contributed by atoms with van der Waals surface area (Å²) < 4.78 is 0. The molecule has 0 aromatic rings. The van der Waals surface area contributed by atoms with Gasteiger partial charge in [-0.05, 0) is 0 Å². The summed E-state index contributed by atoms with van der Waals surface area (Å²) >= 11 is 14.2. The molecule has 0 amide bonds. The third-order valence-electron chi connectivity index (χ3n) is 0.343. The molecule has 0 aliphatic carbocycles. The van der Waals surface area contributed by atoms with Crippen LogP contribution in [-0.4, -0.2) is 50.9 Å². The van der Waals surface area contributed by atoms with Crippen LogP contribution in [-0.2, 0) is 14.4 Å². The molecule has 0 aliphatic heterocycles. The Morgan fingerprint density at radius 3 is 0.750 bits per heavy atom. The van der Waals surface area contributed by atoms with E-state index in [2.05, 4.69) is 0 Å². The maximum absolute atomic E-state index is 9.24. The number of hydrogen-bond donors (Lipinski definition) is 3. The second-order valence-corrected chi connectivity index (χ2v) is 2.38. The molecule has 1 radical (unpaired) electrons. The number of carbonyl (C=O) groups is 3. The summed E-state index contributed by atoms with van der Waals surface area (Å²) in [5.74, 6) is -3.86. The van der Waals surface area contributed by atoms with Gasteiger partial charge in [0.1, 0.15) is 17.6 Å². The van der Waals surface area contributed by atoms with E-state index >= 15 is 0 Å². The van der Waals surface area contributed by atoms with Crippen LogP contribution in [0.5, 0.6) is 0 Å². The summed E-state index contributed by atoms with van der Waals surface area (Å²) in [5, 5.41) is 22.8. The Hall–Kier alpha value is 0.644. The molecule has 3 N–H and O–H groups in total. The van der Waals surface area contributed by atoms with Gasteiger partial charge in [-0.25, -0.2) is 0 Å². The minimum absolute atomic E-state index is 0. The van der Waals surface area contributed by atoms with Gasteiger partial charge in [0.15, 0.2) is 0 Å². The SMILES string of the molecule is O=C(O)CCl.O=C(O)CCl.O=C(O)CCl.[Pr]. The van der Waals surface area contributed by atoms with E-state index in [-0.39, 0.29) is 58.9 Å². The Bertz CT molecular complexity index is 167. The smallest absolute Gasteiger partial charge is 0.318 e. The van der Waals surface area contributed by atoms with E-state index in [9.17, 15) is 14.4 Å². The summed E-state index contributed by atoms with van der Waals surface area (Å²) in [6, 6.07) is 0. The van der Waals surface area contributed by atoms with Gasteiger partial charge in [0.2, 0.25) is 0 Å². The molecule has 0 heterocycles. The Labute approximate surface area is 140 Å². The standard InChI is InChI=1S/3C2H3ClO2.Pr/c3*3-1-2(4)5;/h3*1H2,(H,4,5);. The number of alkyl halides is 3. The van der Waals surface area contributed by atoms with Crippen LogP contribution in [0.1, 0.15) is 0 Å². The molecule has 0 saturated carbocycles. The number of rotatable bonds is 3. The van der Waals surface area contributed by atoms with Crippen molar-refractivity contribution in [1.29, 1.82) is 0 Å². The number of carboxylic acids is 3.